The molecule has 2 heterocycles. The molecular weight excluding hydrogens is 388 g/mol. The summed E-state index contributed by atoms with van der Waals surface area (Å²) in [4.78, 5) is 25.9. The van der Waals surface area contributed by atoms with Crippen molar-refractivity contribution >= 4 is 29.2 Å². The Morgan fingerprint density at radius 1 is 1.10 bits per heavy atom. The molecule has 0 radical (unpaired) electrons. The lowest BCUT2D eigenvalue weighted by molar-refractivity contribution is -0.133. The second kappa shape index (κ2) is 7.93. The molecule has 6 heteroatoms. The molecule has 146 valence electrons. The topological polar surface area (TPSA) is 61.8 Å². The van der Waals surface area contributed by atoms with Gasteiger partial charge in [0.25, 0.3) is 0 Å². The van der Waals surface area contributed by atoms with E-state index in [1.807, 2.05) is 41.8 Å². The van der Waals surface area contributed by atoms with Crippen LogP contribution in [0.4, 0.5) is 0 Å². The van der Waals surface area contributed by atoms with E-state index in [1.54, 1.807) is 32.2 Å². The van der Waals surface area contributed by atoms with E-state index in [2.05, 4.69) is 0 Å². The van der Waals surface area contributed by atoms with Gasteiger partial charge in [-0.1, -0.05) is 24.3 Å². The van der Waals surface area contributed by atoms with Crippen LogP contribution in [0.15, 0.2) is 59.7 Å². The van der Waals surface area contributed by atoms with Crippen LogP contribution in [0.2, 0.25) is 0 Å². The Morgan fingerprint density at radius 2 is 1.93 bits per heavy atom. The highest BCUT2D eigenvalue weighted by molar-refractivity contribution is 7.10. The van der Waals surface area contributed by atoms with Crippen LogP contribution in [0, 0.1) is 6.92 Å². The Hall–Kier alpha value is -3.38. The van der Waals surface area contributed by atoms with E-state index in [9.17, 15) is 9.59 Å². The van der Waals surface area contributed by atoms with Gasteiger partial charge in [0, 0.05) is 16.0 Å². The van der Waals surface area contributed by atoms with Crippen LogP contribution in [0.25, 0.3) is 6.08 Å². The van der Waals surface area contributed by atoms with Crippen molar-refractivity contribution < 1.29 is 23.8 Å². The monoisotopic (exact) mass is 406 g/mol. The zero-order chi connectivity index (χ0) is 20.4. The average Bonchev–Trinajstić information content (AvgIpc) is 3.33. The van der Waals surface area contributed by atoms with E-state index in [1.165, 1.54) is 11.3 Å². The zero-order valence-electron chi connectivity index (χ0n) is 15.9. The number of rotatable bonds is 5. The number of ketones is 1. The maximum Gasteiger partial charge on any atom is 0.316 e. The van der Waals surface area contributed by atoms with Gasteiger partial charge in [0.05, 0.1) is 19.1 Å². The third-order valence-electron chi connectivity index (χ3n) is 4.58. The van der Waals surface area contributed by atoms with E-state index in [4.69, 9.17) is 14.2 Å². The van der Waals surface area contributed by atoms with Crippen molar-refractivity contribution in [3.63, 3.8) is 0 Å². The molecule has 0 spiro atoms. The number of ether oxygens (including phenoxy) is 3. The summed E-state index contributed by atoms with van der Waals surface area (Å²) in [7, 11) is 1.57. The van der Waals surface area contributed by atoms with E-state index in [0.717, 1.165) is 10.4 Å². The summed E-state index contributed by atoms with van der Waals surface area (Å²) in [5.74, 6) is 1.08. The number of thiophene rings is 1. The van der Waals surface area contributed by atoms with Gasteiger partial charge in [-0.3, -0.25) is 9.59 Å². The van der Waals surface area contributed by atoms with Gasteiger partial charge in [0.15, 0.2) is 5.76 Å². The number of benzene rings is 2. The second-order valence-electron chi connectivity index (χ2n) is 6.48. The van der Waals surface area contributed by atoms with Gasteiger partial charge in [-0.25, -0.2) is 0 Å². The number of esters is 1. The third-order valence-corrected chi connectivity index (χ3v) is 5.46. The Labute approximate surface area is 172 Å². The van der Waals surface area contributed by atoms with E-state index in [-0.39, 0.29) is 23.9 Å². The minimum Gasteiger partial charge on any atom is -0.496 e. The predicted octanol–water partition coefficient (Wildman–Crippen LogP) is 4.83. The van der Waals surface area contributed by atoms with Gasteiger partial charge >= 0.3 is 5.97 Å². The Morgan fingerprint density at radius 3 is 2.69 bits per heavy atom. The number of carbonyl (C=O) groups is 2. The maximum absolute atomic E-state index is 12.8. The first-order valence-electron chi connectivity index (χ1n) is 9.00. The molecule has 0 unspecified atom stereocenters. The first-order valence-corrected chi connectivity index (χ1v) is 9.88. The standard InChI is InChI=1S/C23H18O5S/c1-14-18(27-21(24)13-16-7-5-11-29-16)10-9-17-22(25)20(28-23(14)17)12-15-6-3-4-8-19(15)26-2/h3-12H,13H2,1-2H3/b20-12-. The van der Waals surface area contributed by atoms with Crippen LogP contribution >= 0.6 is 11.3 Å². The molecule has 0 aliphatic carbocycles. The SMILES string of the molecule is COc1ccccc1/C=C1\Oc2c(ccc(OC(=O)Cc3cccs3)c2C)C1=O. The summed E-state index contributed by atoms with van der Waals surface area (Å²) in [6.45, 7) is 1.77. The number of methoxy groups -OCH3 is 1. The van der Waals surface area contributed by atoms with Crippen molar-refractivity contribution in [2.45, 2.75) is 13.3 Å². The maximum atomic E-state index is 12.8. The lowest BCUT2D eigenvalue weighted by atomic mass is 10.1. The van der Waals surface area contributed by atoms with Gasteiger partial charge in [0.2, 0.25) is 5.78 Å². The van der Waals surface area contributed by atoms with Crippen LogP contribution in [-0.2, 0) is 11.2 Å². The molecule has 1 aliphatic rings. The minimum absolute atomic E-state index is 0.201. The van der Waals surface area contributed by atoms with Gasteiger partial charge in [-0.05, 0) is 42.6 Å². The summed E-state index contributed by atoms with van der Waals surface area (Å²) in [5.41, 5.74) is 1.80. The van der Waals surface area contributed by atoms with Crippen molar-refractivity contribution in [1.82, 2.24) is 0 Å². The summed E-state index contributed by atoms with van der Waals surface area (Å²) in [6, 6.07) is 14.4. The lowest BCUT2D eigenvalue weighted by Gasteiger charge is -2.10. The molecule has 4 rings (SSSR count). The highest BCUT2D eigenvalue weighted by Crippen LogP contribution is 2.39. The predicted molar refractivity (Wildman–Crippen MR) is 111 cm³/mol. The molecule has 0 fully saturated rings. The lowest BCUT2D eigenvalue weighted by Crippen LogP contribution is -2.11. The van der Waals surface area contributed by atoms with Crippen LogP contribution in [0.5, 0.6) is 17.2 Å². The Bertz CT molecular complexity index is 1110. The van der Waals surface area contributed by atoms with E-state index < -0.39 is 0 Å². The Balaban J connectivity index is 1.58. The molecule has 0 N–H and O–H groups in total. The fourth-order valence-electron chi connectivity index (χ4n) is 3.12. The number of Topliss-reactive ketones (excluding diaryl/α,β-unsaturated/α-hetero) is 1. The fourth-order valence-corrected chi connectivity index (χ4v) is 3.81. The highest BCUT2D eigenvalue weighted by Gasteiger charge is 2.30. The number of fused-ring (bicyclic) bond motifs is 1. The first kappa shape index (κ1) is 19.0. The smallest absolute Gasteiger partial charge is 0.316 e. The van der Waals surface area contributed by atoms with Crippen molar-refractivity contribution in [3.05, 3.63) is 81.2 Å². The third kappa shape index (κ3) is 3.79. The molecule has 0 bridgehead atoms. The van der Waals surface area contributed by atoms with Gasteiger partial charge < -0.3 is 14.2 Å². The highest BCUT2D eigenvalue weighted by atomic mass is 32.1. The fraction of sp³-hybridized carbons (Fsp3) is 0.130. The Kier molecular flexibility index (Phi) is 5.18. The van der Waals surface area contributed by atoms with Crippen molar-refractivity contribution in [1.29, 1.82) is 0 Å². The van der Waals surface area contributed by atoms with Crippen molar-refractivity contribution in [2.24, 2.45) is 0 Å². The minimum atomic E-state index is -0.357. The van der Waals surface area contributed by atoms with Crippen molar-refractivity contribution in [3.8, 4) is 17.2 Å². The molecule has 29 heavy (non-hydrogen) atoms. The zero-order valence-corrected chi connectivity index (χ0v) is 16.7. The van der Waals surface area contributed by atoms with E-state index in [0.29, 0.717) is 28.4 Å². The van der Waals surface area contributed by atoms with Gasteiger partial charge in [-0.2, -0.15) is 0 Å². The van der Waals surface area contributed by atoms with E-state index >= 15 is 0 Å². The normalized spacial score (nSPS) is 13.9. The van der Waals surface area contributed by atoms with Gasteiger partial charge in [-0.15, -0.1) is 11.3 Å². The number of hydrogen-bond donors (Lipinski definition) is 0. The van der Waals surface area contributed by atoms with Gasteiger partial charge in [0.1, 0.15) is 17.2 Å². The number of hydrogen-bond acceptors (Lipinski definition) is 6. The summed E-state index contributed by atoms with van der Waals surface area (Å²) >= 11 is 1.50. The molecule has 0 saturated heterocycles. The summed E-state index contributed by atoms with van der Waals surface area (Å²) < 4.78 is 16.7. The molecule has 2 aromatic carbocycles. The molecule has 3 aromatic rings. The quantitative estimate of drug-likeness (QED) is 0.345. The molecule has 0 atom stereocenters. The summed E-state index contributed by atoms with van der Waals surface area (Å²) in [5, 5.41) is 1.91. The van der Waals surface area contributed by atoms with Crippen LogP contribution in [0.3, 0.4) is 0 Å². The molecule has 0 saturated carbocycles. The number of para-hydroxylation sites is 1. The van der Waals surface area contributed by atoms with Crippen LogP contribution in [-0.4, -0.2) is 18.9 Å². The molecule has 0 amide bonds. The molecule has 1 aromatic heterocycles. The van der Waals surface area contributed by atoms with Crippen LogP contribution < -0.4 is 14.2 Å². The average molecular weight is 406 g/mol. The number of allylic oxidation sites excluding steroid dienone is 1. The molecular formula is C23H18O5S. The summed E-state index contributed by atoms with van der Waals surface area (Å²) in [6.07, 6.45) is 1.86. The first-order chi connectivity index (χ1) is 14.1. The number of carbonyl (C=O) groups excluding carboxylic acids is 2. The second-order valence-corrected chi connectivity index (χ2v) is 7.51. The van der Waals surface area contributed by atoms with Crippen LogP contribution in [0.1, 0.15) is 26.4 Å². The molecule has 5 nitrogen and oxygen atoms in total. The largest absolute Gasteiger partial charge is 0.496 e. The van der Waals surface area contributed by atoms with Crippen molar-refractivity contribution in [2.75, 3.05) is 7.11 Å². The molecule has 1 aliphatic heterocycles.